The normalized spacial score (nSPS) is 19.5. The van der Waals surface area contributed by atoms with Crippen molar-refractivity contribution in [2.75, 3.05) is 24.5 Å². The second kappa shape index (κ2) is 4.53. The lowest BCUT2D eigenvalue weighted by atomic mass is 10.0. The number of piperazine rings is 1. The van der Waals surface area contributed by atoms with Crippen LogP contribution in [0, 0.1) is 11.6 Å². The number of nitrogens with one attached hydrogen (secondary N) is 1. The minimum Gasteiger partial charge on any atom is -0.364 e. The summed E-state index contributed by atoms with van der Waals surface area (Å²) in [7, 11) is 0. The highest BCUT2D eigenvalue weighted by molar-refractivity contribution is 9.10. The Morgan fingerprint density at radius 1 is 1.29 bits per heavy atom. The highest BCUT2D eigenvalue weighted by Crippen LogP contribution is 2.29. The van der Waals surface area contributed by atoms with Crippen LogP contribution in [0.5, 0.6) is 0 Å². The zero-order chi connectivity index (χ0) is 12.6. The van der Waals surface area contributed by atoms with Gasteiger partial charge < -0.3 is 10.2 Å². The van der Waals surface area contributed by atoms with Gasteiger partial charge in [-0.25, -0.2) is 8.78 Å². The summed E-state index contributed by atoms with van der Waals surface area (Å²) in [5, 5.41) is 3.31. The van der Waals surface area contributed by atoms with E-state index in [1.54, 1.807) is 4.90 Å². The largest absolute Gasteiger partial charge is 0.364 e. The Kier molecular flexibility index (Phi) is 3.41. The van der Waals surface area contributed by atoms with Crippen molar-refractivity contribution in [3.8, 4) is 0 Å². The smallest absolute Gasteiger partial charge is 0.150 e. The van der Waals surface area contributed by atoms with Crippen LogP contribution in [-0.2, 0) is 0 Å². The number of anilines is 1. The van der Waals surface area contributed by atoms with Crippen molar-refractivity contribution in [2.45, 2.75) is 19.4 Å². The molecular weight excluding hydrogens is 290 g/mol. The van der Waals surface area contributed by atoms with E-state index in [1.165, 1.54) is 12.1 Å². The molecule has 1 fully saturated rings. The molecule has 94 valence electrons. The third-order valence-electron chi connectivity index (χ3n) is 2.87. The van der Waals surface area contributed by atoms with Gasteiger partial charge in [0.25, 0.3) is 0 Å². The summed E-state index contributed by atoms with van der Waals surface area (Å²) >= 11 is 3.08. The van der Waals surface area contributed by atoms with E-state index in [0.29, 0.717) is 17.6 Å². The molecule has 2 rings (SSSR count). The summed E-state index contributed by atoms with van der Waals surface area (Å²) in [5.74, 6) is -1.04. The lowest BCUT2D eigenvalue weighted by Gasteiger charge is -2.40. The van der Waals surface area contributed by atoms with Crippen LogP contribution in [-0.4, -0.2) is 25.2 Å². The first-order chi connectivity index (χ1) is 7.89. The van der Waals surface area contributed by atoms with E-state index in [1.807, 2.05) is 13.8 Å². The van der Waals surface area contributed by atoms with E-state index >= 15 is 0 Å². The lowest BCUT2D eigenvalue weighted by Crippen LogP contribution is -2.57. The van der Waals surface area contributed by atoms with E-state index in [-0.39, 0.29) is 11.2 Å². The Balaban J connectivity index is 2.34. The Hall–Kier alpha value is -0.680. The van der Waals surface area contributed by atoms with E-state index in [9.17, 15) is 8.78 Å². The van der Waals surface area contributed by atoms with Crippen LogP contribution in [0.1, 0.15) is 13.8 Å². The zero-order valence-electron chi connectivity index (χ0n) is 9.86. The molecule has 17 heavy (non-hydrogen) atoms. The molecule has 0 aliphatic carbocycles. The van der Waals surface area contributed by atoms with Gasteiger partial charge in [-0.1, -0.05) is 15.9 Å². The van der Waals surface area contributed by atoms with Crippen LogP contribution >= 0.6 is 15.9 Å². The van der Waals surface area contributed by atoms with Gasteiger partial charge in [0, 0.05) is 29.6 Å². The van der Waals surface area contributed by atoms with Crippen LogP contribution in [0.3, 0.4) is 0 Å². The van der Waals surface area contributed by atoms with Gasteiger partial charge in [-0.2, -0.15) is 0 Å². The highest BCUT2D eigenvalue weighted by Gasteiger charge is 2.28. The first-order valence-electron chi connectivity index (χ1n) is 5.53. The van der Waals surface area contributed by atoms with Crippen LogP contribution in [0.2, 0.25) is 0 Å². The van der Waals surface area contributed by atoms with Gasteiger partial charge in [-0.3, -0.25) is 0 Å². The van der Waals surface area contributed by atoms with Crippen molar-refractivity contribution in [3.05, 3.63) is 28.2 Å². The third kappa shape index (κ3) is 2.77. The second-order valence-electron chi connectivity index (χ2n) is 4.95. The van der Waals surface area contributed by atoms with E-state index in [2.05, 4.69) is 21.2 Å². The Morgan fingerprint density at radius 3 is 2.41 bits per heavy atom. The average Bonchev–Trinajstić information content (AvgIpc) is 2.13. The van der Waals surface area contributed by atoms with Gasteiger partial charge in [0.2, 0.25) is 0 Å². The topological polar surface area (TPSA) is 15.3 Å². The maximum atomic E-state index is 13.8. The minimum atomic E-state index is -0.519. The van der Waals surface area contributed by atoms with Gasteiger partial charge in [0.05, 0.1) is 0 Å². The fourth-order valence-corrected chi connectivity index (χ4v) is 2.57. The van der Waals surface area contributed by atoms with Gasteiger partial charge in [0.15, 0.2) is 11.6 Å². The number of benzene rings is 1. The maximum absolute atomic E-state index is 13.8. The molecule has 1 aromatic rings. The van der Waals surface area contributed by atoms with Crippen molar-refractivity contribution in [1.82, 2.24) is 5.32 Å². The maximum Gasteiger partial charge on any atom is 0.150 e. The highest BCUT2D eigenvalue weighted by atomic mass is 79.9. The van der Waals surface area contributed by atoms with E-state index in [0.717, 1.165) is 6.54 Å². The molecule has 0 spiro atoms. The predicted molar refractivity (Wildman–Crippen MR) is 68.4 cm³/mol. The molecule has 1 saturated heterocycles. The molecule has 1 heterocycles. The third-order valence-corrected chi connectivity index (χ3v) is 3.33. The Labute approximate surface area is 108 Å². The summed E-state index contributed by atoms with van der Waals surface area (Å²) in [6.45, 7) is 5.96. The first-order valence-corrected chi connectivity index (χ1v) is 6.33. The molecule has 0 aromatic heterocycles. The SMILES string of the molecule is CC1(C)CN(c2c(F)cc(Br)cc2F)CCN1. The molecular formula is C12H15BrF2N2. The van der Waals surface area contributed by atoms with Crippen LogP contribution in [0.15, 0.2) is 16.6 Å². The fourth-order valence-electron chi connectivity index (χ4n) is 2.17. The zero-order valence-corrected chi connectivity index (χ0v) is 11.4. The molecule has 0 radical (unpaired) electrons. The van der Waals surface area contributed by atoms with Crippen LogP contribution in [0.25, 0.3) is 0 Å². The molecule has 1 N–H and O–H groups in total. The molecule has 0 unspecified atom stereocenters. The van der Waals surface area contributed by atoms with E-state index < -0.39 is 11.6 Å². The molecule has 1 aliphatic rings. The van der Waals surface area contributed by atoms with Crippen molar-refractivity contribution in [3.63, 3.8) is 0 Å². The van der Waals surface area contributed by atoms with Crippen molar-refractivity contribution < 1.29 is 8.78 Å². The summed E-state index contributed by atoms with van der Waals surface area (Å²) < 4.78 is 28.1. The second-order valence-corrected chi connectivity index (χ2v) is 5.87. The summed E-state index contributed by atoms with van der Waals surface area (Å²) in [4.78, 5) is 1.76. The van der Waals surface area contributed by atoms with Gasteiger partial charge >= 0.3 is 0 Å². The number of hydrogen-bond donors (Lipinski definition) is 1. The number of nitrogens with zero attached hydrogens (tertiary/aromatic N) is 1. The number of rotatable bonds is 1. The molecule has 0 bridgehead atoms. The van der Waals surface area contributed by atoms with Gasteiger partial charge in [-0.05, 0) is 26.0 Å². The fraction of sp³-hybridized carbons (Fsp3) is 0.500. The molecule has 1 aromatic carbocycles. The standard InChI is InChI=1S/C12H15BrF2N2/c1-12(2)7-17(4-3-16-12)11-9(14)5-8(13)6-10(11)15/h5-6,16H,3-4,7H2,1-2H3. The van der Waals surface area contributed by atoms with E-state index in [4.69, 9.17) is 0 Å². The van der Waals surface area contributed by atoms with Gasteiger partial charge in [0.1, 0.15) is 5.69 Å². The first kappa shape index (κ1) is 12.8. The average molecular weight is 305 g/mol. The van der Waals surface area contributed by atoms with Gasteiger partial charge in [-0.15, -0.1) is 0 Å². The number of halogens is 3. The lowest BCUT2D eigenvalue weighted by molar-refractivity contribution is 0.349. The molecule has 2 nitrogen and oxygen atoms in total. The van der Waals surface area contributed by atoms with Crippen molar-refractivity contribution in [1.29, 1.82) is 0 Å². The quantitative estimate of drug-likeness (QED) is 0.858. The van der Waals surface area contributed by atoms with Crippen LogP contribution < -0.4 is 10.2 Å². The van der Waals surface area contributed by atoms with Crippen LogP contribution in [0.4, 0.5) is 14.5 Å². The molecule has 0 atom stereocenters. The minimum absolute atomic E-state index is 0.0720. The Bertz CT molecular complexity index is 412. The Morgan fingerprint density at radius 2 is 1.88 bits per heavy atom. The monoisotopic (exact) mass is 304 g/mol. The predicted octanol–water partition coefficient (Wildman–Crippen LogP) is 2.92. The molecule has 1 aliphatic heterocycles. The molecule has 0 saturated carbocycles. The summed E-state index contributed by atoms with van der Waals surface area (Å²) in [6.07, 6.45) is 0. The molecule has 0 amide bonds. The molecule has 5 heteroatoms. The summed E-state index contributed by atoms with van der Waals surface area (Å²) in [6, 6.07) is 2.60. The van der Waals surface area contributed by atoms with Crippen molar-refractivity contribution in [2.24, 2.45) is 0 Å². The van der Waals surface area contributed by atoms with Crippen molar-refractivity contribution >= 4 is 21.6 Å². The summed E-state index contributed by atoms with van der Waals surface area (Å²) in [5.41, 5.74) is -0.0627. The number of hydrogen-bond acceptors (Lipinski definition) is 2.